The summed E-state index contributed by atoms with van der Waals surface area (Å²) in [7, 11) is 0. The quantitative estimate of drug-likeness (QED) is 0.0853. The summed E-state index contributed by atoms with van der Waals surface area (Å²) in [6, 6.07) is 0. The van der Waals surface area contributed by atoms with E-state index < -0.39 is 0 Å². The summed E-state index contributed by atoms with van der Waals surface area (Å²) < 4.78 is 55.2. The van der Waals surface area contributed by atoms with Gasteiger partial charge >= 0.3 is 0 Å². The molecule has 0 aromatic carbocycles. The lowest BCUT2D eigenvalue weighted by Gasteiger charge is -2.22. The molecule has 0 radical (unpaired) electrons. The highest BCUT2D eigenvalue weighted by Crippen LogP contribution is 2.06. The Bertz CT molecular complexity index is 493. The van der Waals surface area contributed by atoms with Crippen LogP contribution in [0, 0.1) is 0 Å². The molecule has 1 aliphatic rings. The van der Waals surface area contributed by atoms with E-state index in [1.54, 1.807) is 0 Å². The van der Waals surface area contributed by atoms with E-state index in [9.17, 15) is 0 Å². The molecular formula is C29H58ClNO10. The van der Waals surface area contributed by atoms with Gasteiger partial charge in [0.05, 0.1) is 125 Å². The van der Waals surface area contributed by atoms with Crippen molar-refractivity contribution in [1.82, 2.24) is 5.32 Å². The summed E-state index contributed by atoms with van der Waals surface area (Å²) in [6.07, 6.45) is 7.06. The molecule has 0 spiro atoms. The first-order valence-corrected chi connectivity index (χ1v) is 16.0. The Morgan fingerprint density at radius 1 is 0.390 bits per heavy atom. The maximum atomic E-state index is 5.79. The maximum absolute atomic E-state index is 5.79. The van der Waals surface area contributed by atoms with Crippen molar-refractivity contribution in [1.29, 1.82) is 0 Å². The highest BCUT2D eigenvalue weighted by molar-refractivity contribution is 6.17. The fourth-order valence-corrected chi connectivity index (χ4v) is 3.94. The summed E-state index contributed by atoms with van der Waals surface area (Å²) >= 11 is 5.65. The van der Waals surface area contributed by atoms with Crippen LogP contribution in [0.5, 0.6) is 0 Å². The van der Waals surface area contributed by atoms with Crippen LogP contribution in [0.3, 0.4) is 0 Å². The van der Waals surface area contributed by atoms with Crippen molar-refractivity contribution in [2.75, 3.05) is 145 Å². The molecule has 1 saturated heterocycles. The van der Waals surface area contributed by atoms with Crippen LogP contribution in [0.4, 0.5) is 0 Å². The molecule has 1 N–H and O–H groups in total. The van der Waals surface area contributed by atoms with Crippen LogP contribution in [0.25, 0.3) is 0 Å². The van der Waals surface area contributed by atoms with Crippen molar-refractivity contribution < 1.29 is 47.4 Å². The topological polar surface area (TPSA) is 104 Å². The summed E-state index contributed by atoms with van der Waals surface area (Å²) in [5, 5.41) is 3.33. The predicted molar refractivity (Wildman–Crippen MR) is 158 cm³/mol. The number of halogens is 1. The molecule has 0 amide bonds. The zero-order valence-electron chi connectivity index (χ0n) is 25.3. The van der Waals surface area contributed by atoms with Gasteiger partial charge in [0.1, 0.15) is 0 Å². The molecule has 0 saturated carbocycles. The summed E-state index contributed by atoms with van der Waals surface area (Å²) in [6.45, 7) is 12.9. The first kappa shape index (κ1) is 38.9. The number of hydrogen-bond acceptors (Lipinski definition) is 11. The number of ether oxygens (including phenoxy) is 10. The molecule has 0 bridgehead atoms. The van der Waals surface area contributed by atoms with Crippen molar-refractivity contribution >= 4 is 11.6 Å². The van der Waals surface area contributed by atoms with Crippen molar-refractivity contribution in [2.45, 2.75) is 44.6 Å². The minimum Gasteiger partial charge on any atom is -0.379 e. The Morgan fingerprint density at radius 3 is 1.07 bits per heavy atom. The Balaban J connectivity index is 1.60. The molecule has 0 aromatic rings. The van der Waals surface area contributed by atoms with E-state index in [-0.39, 0.29) is 0 Å². The van der Waals surface area contributed by atoms with Crippen LogP contribution in [-0.2, 0) is 47.4 Å². The summed E-state index contributed by atoms with van der Waals surface area (Å²) in [5.74, 6) is 0.747. The van der Waals surface area contributed by atoms with Crippen LogP contribution >= 0.6 is 11.6 Å². The maximum Gasteiger partial charge on any atom is 0.0704 e. The van der Waals surface area contributed by atoms with E-state index in [1.807, 2.05) is 0 Å². The lowest BCUT2D eigenvalue weighted by molar-refractivity contribution is -0.0321. The second kappa shape index (κ2) is 34.3. The number of hydrogen-bond donors (Lipinski definition) is 1. The van der Waals surface area contributed by atoms with Crippen LogP contribution in [0.1, 0.15) is 38.5 Å². The zero-order chi connectivity index (χ0) is 29.2. The van der Waals surface area contributed by atoms with Gasteiger partial charge in [0, 0.05) is 12.5 Å². The Hall–Kier alpha value is -0.150. The minimum atomic E-state index is 0.376. The fraction of sp³-hybridized carbons (Fsp3) is 1.00. The highest BCUT2D eigenvalue weighted by atomic mass is 35.5. The lowest BCUT2D eigenvalue weighted by atomic mass is 10.1. The molecule has 1 heterocycles. The van der Waals surface area contributed by atoms with E-state index in [2.05, 4.69) is 5.32 Å². The van der Waals surface area contributed by atoms with Gasteiger partial charge in [-0.25, -0.2) is 0 Å². The van der Waals surface area contributed by atoms with Gasteiger partial charge in [-0.3, -0.25) is 0 Å². The standard InChI is InChI=1S/C29H58ClNO10/c30-7-3-1-2-4-10-32-11-12-33-13-14-34-15-16-35-17-18-36-19-20-37-21-22-38-23-24-39-25-26-40-27-28-41-29-5-8-31-9-6-29/h29,31H,1-28H2. The monoisotopic (exact) mass is 615 g/mol. The molecule has 11 nitrogen and oxygen atoms in total. The van der Waals surface area contributed by atoms with E-state index in [0.29, 0.717) is 125 Å². The molecule has 0 aromatic heterocycles. The number of rotatable bonds is 34. The van der Waals surface area contributed by atoms with Gasteiger partial charge < -0.3 is 52.7 Å². The van der Waals surface area contributed by atoms with Crippen molar-refractivity contribution in [3.05, 3.63) is 0 Å². The molecule has 1 fully saturated rings. The Labute approximate surface area is 253 Å². The number of alkyl halides is 1. The van der Waals surface area contributed by atoms with E-state index in [1.165, 1.54) is 12.8 Å². The third kappa shape index (κ3) is 31.1. The van der Waals surface area contributed by atoms with Gasteiger partial charge in [0.2, 0.25) is 0 Å². The normalized spacial score (nSPS) is 14.3. The van der Waals surface area contributed by atoms with Gasteiger partial charge in [-0.05, 0) is 38.8 Å². The minimum absolute atomic E-state index is 0.376. The van der Waals surface area contributed by atoms with Gasteiger partial charge in [-0.15, -0.1) is 11.6 Å². The predicted octanol–water partition coefficient (Wildman–Crippen LogP) is 2.70. The molecule has 0 unspecified atom stereocenters. The summed E-state index contributed by atoms with van der Waals surface area (Å²) in [4.78, 5) is 0. The van der Waals surface area contributed by atoms with E-state index in [4.69, 9.17) is 59.0 Å². The molecular weight excluding hydrogens is 558 g/mol. The van der Waals surface area contributed by atoms with Gasteiger partial charge in [-0.2, -0.15) is 0 Å². The number of nitrogens with one attached hydrogen (secondary N) is 1. The van der Waals surface area contributed by atoms with Gasteiger partial charge in [0.15, 0.2) is 0 Å². The van der Waals surface area contributed by atoms with Crippen molar-refractivity contribution in [3.8, 4) is 0 Å². The SMILES string of the molecule is ClCCCCCCOCCOCCOCCOCCOCCOCCOCCOCCOCCOC1CCNCC1. The second-order valence-electron chi connectivity index (χ2n) is 9.43. The molecule has 0 atom stereocenters. The summed E-state index contributed by atoms with van der Waals surface area (Å²) in [5.41, 5.74) is 0. The van der Waals surface area contributed by atoms with Crippen molar-refractivity contribution in [2.24, 2.45) is 0 Å². The second-order valence-corrected chi connectivity index (χ2v) is 9.81. The van der Waals surface area contributed by atoms with E-state index >= 15 is 0 Å². The zero-order valence-corrected chi connectivity index (χ0v) is 26.1. The smallest absolute Gasteiger partial charge is 0.0704 e. The molecule has 0 aliphatic carbocycles. The van der Waals surface area contributed by atoms with Gasteiger partial charge in [-0.1, -0.05) is 12.8 Å². The van der Waals surface area contributed by atoms with Gasteiger partial charge in [0.25, 0.3) is 0 Å². The van der Waals surface area contributed by atoms with Crippen LogP contribution in [0.2, 0.25) is 0 Å². The largest absolute Gasteiger partial charge is 0.379 e. The first-order chi connectivity index (χ1) is 20.4. The molecule has 1 rings (SSSR count). The average Bonchev–Trinajstić information content (AvgIpc) is 3.00. The molecule has 41 heavy (non-hydrogen) atoms. The molecule has 12 heteroatoms. The average molecular weight is 616 g/mol. The third-order valence-corrected chi connectivity index (χ3v) is 6.28. The van der Waals surface area contributed by atoms with E-state index in [0.717, 1.165) is 51.3 Å². The van der Waals surface area contributed by atoms with Crippen molar-refractivity contribution in [3.63, 3.8) is 0 Å². The molecule has 246 valence electrons. The first-order valence-electron chi connectivity index (χ1n) is 15.5. The Kier molecular flexibility index (Phi) is 32.6. The molecule has 1 aliphatic heterocycles. The highest BCUT2D eigenvalue weighted by Gasteiger charge is 2.12. The lowest BCUT2D eigenvalue weighted by Crippen LogP contribution is -2.33. The number of unbranched alkanes of at least 4 members (excludes halogenated alkanes) is 3. The van der Waals surface area contributed by atoms with Crippen LogP contribution in [-0.4, -0.2) is 151 Å². The third-order valence-electron chi connectivity index (χ3n) is 6.02. The fourth-order valence-electron chi connectivity index (χ4n) is 3.75. The Morgan fingerprint density at radius 2 is 0.707 bits per heavy atom. The van der Waals surface area contributed by atoms with Crippen LogP contribution < -0.4 is 5.32 Å². The van der Waals surface area contributed by atoms with Crippen LogP contribution in [0.15, 0.2) is 0 Å². The number of piperidine rings is 1.